The SMILES string of the molecule is O=C(Nc1ccc(C(F)(F)F)cc1)c1cc([N+](=O)[O-])ccc1Sc1nnnn1-c1ccccc1. The molecule has 1 heterocycles. The van der Waals surface area contributed by atoms with Crippen LogP contribution in [0.5, 0.6) is 0 Å². The van der Waals surface area contributed by atoms with Crippen LogP contribution < -0.4 is 5.32 Å². The molecule has 34 heavy (non-hydrogen) atoms. The zero-order valence-corrected chi connectivity index (χ0v) is 17.7. The molecule has 3 aromatic carbocycles. The highest BCUT2D eigenvalue weighted by molar-refractivity contribution is 7.99. The topological polar surface area (TPSA) is 116 Å². The fraction of sp³-hybridized carbons (Fsp3) is 0.0476. The van der Waals surface area contributed by atoms with Crippen molar-refractivity contribution in [1.82, 2.24) is 20.2 Å². The third-order valence-electron chi connectivity index (χ3n) is 4.53. The summed E-state index contributed by atoms with van der Waals surface area (Å²) >= 11 is 1.00. The van der Waals surface area contributed by atoms with E-state index in [0.29, 0.717) is 15.7 Å². The average molecular weight is 486 g/mol. The molecular weight excluding hydrogens is 473 g/mol. The number of carbonyl (C=O) groups excluding carboxylic acids is 1. The lowest BCUT2D eigenvalue weighted by atomic mass is 10.1. The van der Waals surface area contributed by atoms with Crippen molar-refractivity contribution in [2.45, 2.75) is 16.2 Å². The highest BCUT2D eigenvalue weighted by Crippen LogP contribution is 2.33. The first-order valence-electron chi connectivity index (χ1n) is 9.51. The van der Waals surface area contributed by atoms with E-state index in [2.05, 4.69) is 20.8 Å². The Morgan fingerprint density at radius 3 is 2.38 bits per heavy atom. The van der Waals surface area contributed by atoms with E-state index < -0.39 is 22.6 Å². The number of anilines is 1. The number of hydrogen-bond donors (Lipinski definition) is 1. The van der Waals surface area contributed by atoms with Crippen LogP contribution in [0.25, 0.3) is 5.69 Å². The van der Waals surface area contributed by atoms with E-state index in [4.69, 9.17) is 0 Å². The Hall–Kier alpha value is -4.26. The standard InChI is InChI=1S/C21H13F3N6O3S/c22-21(23,24)13-6-8-14(9-7-13)25-19(31)17-12-16(30(32)33)10-11-18(17)34-20-26-27-28-29(20)15-4-2-1-3-5-15/h1-12H,(H,25,31). The van der Waals surface area contributed by atoms with Crippen LogP contribution in [0.15, 0.2) is 82.8 Å². The van der Waals surface area contributed by atoms with Gasteiger partial charge in [-0.1, -0.05) is 18.2 Å². The largest absolute Gasteiger partial charge is 0.416 e. The van der Waals surface area contributed by atoms with Crippen molar-refractivity contribution in [3.63, 3.8) is 0 Å². The monoisotopic (exact) mass is 486 g/mol. The van der Waals surface area contributed by atoms with Gasteiger partial charge in [-0.15, -0.1) is 5.10 Å². The van der Waals surface area contributed by atoms with Crippen molar-refractivity contribution in [2.24, 2.45) is 0 Å². The quantitative estimate of drug-likeness (QED) is 0.301. The lowest BCUT2D eigenvalue weighted by Crippen LogP contribution is -2.14. The number of nitrogens with zero attached hydrogens (tertiary/aromatic N) is 5. The first kappa shape index (κ1) is 22.9. The number of benzene rings is 3. The summed E-state index contributed by atoms with van der Waals surface area (Å²) in [5.41, 5.74) is -0.515. The molecule has 0 spiro atoms. The highest BCUT2D eigenvalue weighted by Gasteiger charge is 2.30. The highest BCUT2D eigenvalue weighted by atomic mass is 32.2. The number of tetrazole rings is 1. The van der Waals surface area contributed by atoms with Crippen LogP contribution in [-0.2, 0) is 6.18 Å². The van der Waals surface area contributed by atoms with Gasteiger partial charge in [0.05, 0.1) is 21.7 Å². The maximum Gasteiger partial charge on any atom is 0.416 e. The molecule has 1 amide bonds. The molecule has 0 saturated carbocycles. The summed E-state index contributed by atoms with van der Waals surface area (Å²) in [6.07, 6.45) is -4.52. The van der Waals surface area contributed by atoms with E-state index in [1.165, 1.54) is 16.8 Å². The van der Waals surface area contributed by atoms with Gasteiger partial charge in [0.1, 0.15) is 0 Å². The second kappa shape index (κ2) is 9.31. The maximum absolute atomic E-state index is 12.9. The minimum atomic E-state index is -4.52. The summed E-state index contributed by atoms with van der Waals surface area (Å²) < 4.78 is 39.8. The number of para-hydroxylation sites is 1. The summed E-state index contributed by atoms with van der Waals surface area (Å²) in [7, 11) is 0. The van der Waals surface area contributed by atoms with E-state index in [1.807, 2.05) is 6.07 Å². The van der Waals surface area contributed by atoms with Gasteiger partial charge in [0.25, 0.3) is 11.6 Å². The Morgan fingerprint density at radius 2 is 1.74 bits per heavy atom. The molecule has 0 atom stereocenters. The summed E-state index contributed by atoms with van der Waals surface area (Å²) in [5, 5.41) is 25.6. The molecule has 172 valence electrons. The number of nitro groups is 1. The van der Waals surface area contributed by atoms with Crippen LogP contribution in [-0.4, -0.2) is 31.0 Å². The Bertz CT molecular complexity index is 1340. The van der Waals surface area contributed by atoms with Crippen molar-refractivity contribution in [3.8, 4) is 5.69 Å². The normalized spacial score (nSPS) is 11.3. The Kier molecular flexibility index (Phi) is 6.27. The summed E-state index contributed by atoms with van der Waals surface area (Å²) in [6.45, 7) is 0. The summed E-state index contributed by atoms with van der Waals surface area (Å²) in [5.74, 6) is -0.746. The molecule has 0 unspecified atom stereocenters. The van der Waals surface area contributed by atoms with Crippen LogP contribution in [0.1, 0.15) is 15.9 Å². The summed E-state index contributed by atoms with van der Waals surface area (Å²) in [4.78, 5) is 23.9. The number of non-ortho nitro benzene ring substituents is 1. The Balaban J connectivity index is 1.65. The number of halogens is 3. The van der Waals surface area contributed by atoms with E-state index in [-0.39, 0.29) is 16.9 Å². The van der Waals surface area contributed by atoms with E-state index in [0.717, 1.165) is 42.1 Å². The smallest absolute Gasteiger partial charge is 0.322 e. The lowest BCUT2D eigenvalue weighted by molar-refractivity contribution is -0.384. The van der Waals surface area contributed by atoms with E-state index in [1.54, 1.807) is 24.3 Å². The van der Waals surface area contributed by atoms with Crippen molar-refractivity contribution in [1.29, 1.82) is 0 Å². The minimum absolute atomic E-state index is 0.0679. The third-order valence-corrected chi connectivity index (χ3v) is 5.54. The van der Waals surface area contributed by atoms with Crippen molar-refractivity contribution < 1.29 is 22.9 Å². The molecule has 0 radical (unpaired) electrons. The van der Waals surface area contributed by atoms with E-state index in [9.17, 15) is 28.1 Å². The van der Waals surface area contributed by atoms with Gasteiger partial charge < -0.3 is 5.32 Å². The van der Waals surface area contributed by atoms with Crippen LogP contribution in [0, 0.1) is 10.1 Å². The van der Waals surface area contributed by atoms with Gasteiger partial charge >= 0.3 is 6.18 Å². The van der Waals surface area contributed by atoms with Gasteiger partial charge in [-0.3, -0.25) is 14.9 Å². The number of alkyl halides is 3. The van der Waals surface area contributed by atoms with Gasteiger partial charge in [0, 0.05) is 22.7 Å². The zero-order valence-electron chi connectivity index (χ0n) is 16.9. The summed E-state index contributed by atoms with van der Waals surface area (Å²) in [6, 6.07) is 16.5. The molecule has 1 aromatic heterocycles. The van der Waals surface area contributed by atoms with Crippen LogP contribution in [0.3, 0.4) is 0 Å². The molecule has 0 aliphatic carbocycles. The molecule has 0 bridgehead atoms. The fourth-order valence-electron chi connectivity index (χ4n) is 2.91. The van der Waals surface area contributed by atoms with Crippen LogP contribution in [0.2, 0.25) is 0 Å². The third kappa shape index (κ3) is 5.04. The molecule has 0 aliphatic rings. The van der Waals surface area contributed by atoms with Crippen LogP contribution in [0.4, 0.5) is 24.5 Å². The average Bonchev–Trinajstić information content (AvgIpc) is 3.27. The molecule has 1 N–H and O–H groups in total. The van der Waals surface area contributed by atoms with E-state index >= 15 is 0 Å². The van der Waals surface area contributed by atoms with Crippen molar-refractivity contribution >= 4 is 29.0 Å². The van der Waals surface area contributed by atoms with Gasteiger partial charge in [0.2, 0.25) is 5.16 Å². The minimum Gasteiger partial charge on any atom is -0.322 e. The Labute approximate surface area is 193 Å². The van der Waals surface area contributed by atoms with Crippen LogP contribution >= 0.6 is 11.8 Å². The second-order valence-electron chi connectivity index (χ2n) is 6.78. The van der Waals surface area contributed by atoms with Gasteiger partial charge in [-0.25, -0.2) is 0 Å². The molecule has 4 aromatic rings. The number of nitrogens with one attached hydrogen (secondary N) is 1. The second-order valence-corrected chi connectivity index (χ2v) is 7.79. The number of nitro benzene ring substituents is 1. The molecule has 4 rings (SSSR count). The predicted molar refractivity (Wildman–Crippen MR) is 116 cm³/mol. The van der Waals surface area contributed by atoms with Gasteiger partial charge in [0.15, 0.2) is 0 Å². The van der Waals surface area contributed by atoms with Crippen molar-refractivity contribution in [3.05, 3.63) is 94.0 Å². The zero-order chi connectivity index (χ0) is 24.3. The number of hydrogen-bond acceptors (Lipinski definition) is 7. The molecular formula is C21H13F3N6O3S. The first-order valence-corrected chi connectivity index (χ1v) is 10.3. The molecule has 0 aliphatic heterocycles. The Morgan fingerprint density at radius 1 is 1.03 bits per heavy atom. The van der Waals surface area contributed by atoms with Gasteiger partial charge in [-0.2, -0.15) is 17.9 Å². The van der Waals surface area contributed by atoms with Gasteiger partial charge in [-0.05, 0) is 64.7 Å². The maximum atomic E-state index is 12.9. The molecule has 0 fully saturated rings. The predicted octanol–water partition coefficient (Wildman–Crippen LogP) is 4.99. The number of rotatable bonds is 6. The number of amides is 1. The number of aromatic nitrogens is 4. The lowest BCUT2D eigenvalue weighted by Gasteiger charge is -2.11. The molecule has 0 saturated heterocycles. The molecule has 13 heteroatoms. The first-order chi connectivity index (χ1) is 16.2. The van der Waals surface area contributed by atoms with Crippen molar-refractivity contribution in [2.75, 3.05) is 5.32 Å². The number of carbonyl (C=O) groups is 1. The fourth-order valence-corrected chi connectivity index (χ4v) is 3.81. The molecule has 9 nitrogen and oxygen atoms in total.